The van der Waals surface area contributed by atoms with Crippen molar-refractivity contribution in [2.75, 3.05) is 0 Å². The summed E-state index contributed by atoms with van der Waals surface area (Å²) in [5, 5.41) is 0. The van der Waals surface area contributed by atoms with Crippen LogP contribution in [-0.4, -0.2) is 5.78 Å². The fourth-order valence-electron chi connectivity index (χ4n) is 1.23. The van der Waals surface area contributed by atoms with E-state index in [1.807, 2.05) is 6.92 Å². The Hall–Kier alpha value is -0.590. The molecule has 0 aromatic rings. The molecule has 0 aliphatic heterocycles. The minimum Gasteiger partial charge on any atom is -0.295 e. The molecule has 0 bridgehead atoms. The lowest BCUT2D eigenvalue weighted by Crippen LogP contribution is -1.94. The van der Waals surface area contributed by atoms with Gasteiger partial charge in [-0.3, -0.25) is 4.79 Å². The quantitative estimate of drug-likeness (QED) is 0.522. The Balaban J connectivity index is 2.68. The van der Waals surface area contributed by atoms with E-state index < -0.39 is 0 Å². The third-order valence-electron chi connectivity index (χ3n) is 1.73. The normalized spacial score (nSPS) is 26.7. The van der Waals surface area contributed by atoms with E-state index in [0.29, 0.717) is 11.7 Å². The van der Waals surface area contributed by atoms with E-state index in [2.05, 4.69) is 13.0 Å². The lowest BCUT2D eigenvalue weighted by atomic mass is 10.1. The summed E-state index contributed by atoms with van der Waals surface area (Å²) in [4.78, 5) is 10.9. The van der Waals surface area contributed by atoms with Gasteiger partial charge in [-0.15, -0.1) is 0 Å². The molecular weight excluding hydrogens is 112 g/mol. The number of allylic oxidation sites excluding steroid dienone is 2. The van der Waals surface area contributed by atoms with Crippen LogP contribution in [-0.2, 0) is 4.79 Å². The van der Waals surface area contributed by atoms with E-state index in [0.717, 1.165) is 18.4 Å². The second kappa shape index (κ2) is 2.34. The molecule has 0 saturated carbocycles. The Morgan fingerprint density at radius 3 is 2.67 bits per heavy atom. The maximum Gasteiger partial charge on any atom is 0.159 e. The molecule has 0 fully saturated rings. The zero-order valence-electron chi connectivity index (χ0n) is 5.98. The van der Waals surface area contributed by atoms with Crippen molar-refractivity contribution >= 4 is 5.78 Å². The first-order valence-electron chi connectivity index (χ1n) is 3.48. The molecule has 0 saturated heterocycles. The van der Waals surface area contributed by atoms with Crippen LogP contribution >= 0.6 is 0 Å². The van der Waals surface area contributed by atoms with Gasteiger partial charge in [-0.25, -0.2) is 0 Å². The monoisotopic (exact) mass is 124 g/mol. The largest absolute Gasteiger partial charge is 0.295 e. The van der Waals surface area contributed by atoms with Gasteiger partial charge < -0.3 is 0 Å². The van der Waals surface area contributed by atoms with Crippen molar-refractivity contribution in [3.63, 3.8) is 0 Å². The number of carbonyl (C=O) groups excluding carboxylic acids is 1. The van der Waals surface area contributed by atoms with Crippen molar-refractivity contribution in [3.8, 4) is 0 Å². The smallest absolute Gasteiger partial charge is 0.159 e. The molecule has 1 heteroatoms. The van der Waals surface area contributed by atoms with Crippen LogP contribution in [0.25, 0.3) is 0 Å². The van der Waals surface area contributed by atoms with Crippen LogP contribution in [0.3, 0.4) is 0 Å². The highest BCUT2D eigenvalue weighted by atomic mass is 16.1. The van der Waals surface area contributed by atoms with Gasteiger partial charge in [0.25, 0.3) is 0 Å². The molecule has 0 heterocycles. The number of ketones is 1. The molecule has 0 aromatic carbocycles. The van der Waals surface area contributed by atoms with Crippen LogP contribution in [0.2, 0.25) is 0 Å². The van der Waals surface area contributed by atoms with E-state index >= 15 is 0 Å². The van der Waals surface area contributed by atoms with Gasteiger partial charge in [0.05, 0.1) is 0 Å². The molecule has 0 radical (unpaired) electrons. The summed E-state index contributed by atoms with van der Waals surface area (Å²) >= 11 is 0. The Kier molecular flexibility index (Phi) is 1.70. The highest BCUT2D eigenvalue weighted by Gasteiger charge is 2.18. The Bertz CT molecular complexity index is 156. The molecule has 1 aliphatic rings. The summed E-state index contributed by atoms with van der Waals surface area (Å²) in [7, 11) is 0. The van der Waals surface area contributed by atoms with Crippen molar-refractivity contribution < 1.29 is 4.79 Å². The molecule has 0 amide bonds. The molecule has 1 aliphatic carbocycles. The predicted molar refractivity (Wildman–Crippen MR) is 37.2 cm³/mol. The second-order valence-corrected chi connectivity index (χ2v) is 2.65. The van der Waals surface area contributed by atoms with Crippen LogP contribution in [0, 0.1) is 5.92 Å². The topological polar surface area (TPSA) is 17.1 Å². The second-order valence-electron chi connectivity index (χ2n) is 2.65. The van der Waals surface area contributed by atoms with Gasteiger partial charge in [0.1, 0.15) is 0 Å². The van der Waals surface area contributed by atoms with E-state index in [-0.39, 0.29) is 0 Å². The van der Waals surface area contributed by atoms with Gasteiger partial charge in [-0.2, -0.15) is 0 Å². The molecule has 1 nitrogen and oxygen atoms in total. The first-order valence-corrected chi connectivity index (χ1v) is 3.48. The van der Waals surface area contributed by atoms with Gasteiger partial charge in [0.2, 0.25) is 0 Å². The van der Waals surface area contributed by atoms with Crippen LogP contribution in [0.4, 0.5) is 0 Å². The number of rotatable bonds is 1. The standard InChI is InChI=1S/C8H12O/c1-3-7-4-6(2)5-8(7)9/h4,6H,3,5H2,1-2H3. The molecule has 0 aromatic heterocycles. The van der Waals surface area contributed by atoms with Crippen molar-refractivity contribution in [1.29, 1.82) is 0 Å². The van der Waals surface area contributed by atoms with E-state index in [9.17, 15) is 4.79 Å². The molecule has 50 valence electrons. The lowest BCUT2D eigenvalue weighted by molar-refractivity contribution is -0.115. The predicted octanol–water partition coefficient (Wildman–Crippen LogP) is 1.93. The average Bonchev–Trinajstić information content (AvgIpc) is 2.10. The first-order chi connectivity index (χ1) is 4.24. The minimum atomic E-state index is 0.352. The fraction of sp³-hybridized carbons (Fsp3) is 0.625. The van der Waals surface area contributed by atoms with Gasteiger partial charge >= 0.3 is 0 Å². The zero-order chi connectivity index (χ0) is 6.85. The number of hydrogen-bond acceptors (Lipinski definition) is 1. The van der Waals surface area contributed by atoms with E-state index in [4.69, 9.17) is 0 Å². The zero-order valence-corrected chi connectivity index (χ0v) is 5.98. The molecular formula is C8H12O. The summed E-state index contributed by atoms with van der Waals surface area (Å²) in [5.74, 6) is 0.845. The van der Waals surface area contributed by atoms with Crippen molar-refractivity contribution in [2.24, 2.45) is 5.92 Å². The first kappa shape index (κ1) is 6.53. The third kappa shape index (κ3) is 1.21. The number of Topliss-reactive ketones (excluding diaryl/α,β-unsaturated/α-hetero) is 1. The van der Waals surface area contributed by atoms with Crippen LogP contribution in [0.5, 0.6) is 0 Å². The molecule has 1 unspecified atom stereocenters. The third-order valence-corrected chi connectivity index (χ3v) is 1.73. The SMILES string of the molecule is CCC1=CC(C)CC1=O. The van der Waals surface area contributed by atoms with Gasteiger partial charge in [0.15, 0.2) is 5.78 Å². The molecule has 1 rings (SSSR count). The van der Waals surface area contributed by atoms with Gasteiger partial charge in [-0.1, -0.05) is 19.9 Å². The van der Waals surface area contributed by atoms with Crippen molar-refractivity contribution in [1.82, 2.24) is 0 Å². The Morgan fingerprint density at radius 2 is 2.44 bits per heavy atom. The van der Waals surface area contributed by atoms with Gasteiger partial charge in [-0.05, 0) is 17.9 Å². The van der Waals surface area contributed by atoms with Crippen LogP contribution in [0.1, 0.15) is 26.7 Å². The van der Waals surface area contributed by atoms with Crippen LogP contribution in [0.15, 0.2) is 11.6 Å². The van der Waals surface area contributed by atoms with Crippen molar-refractivity contribution in [2.45, 2.75) is 26.7 Å². The number of carbonyl (C=O) groups is 1. The summed E-state index contributed by atoms with van der Waals surface area (Å²) in [6.07, 6.45) is 3.73. The fourth-order valence-corrected chi connectivity index (χ4v) is 1.23. The molecule has 0 spiro atoms. The average molecular weight is 124 g/mol. The lowest BCUT2D eigenvalue weighted by Gasteiger charge is -1.90. The maximum absolute atomic E-state index is 10.9. The van der Waals surface area contributed by atoms with Crippen LogP contribution < -0.4 is 0 Å². The van der Waals surface area contributed by atoms with E-state index in [1.165, 1.54) is 0 Å². The molecule has 9 heavy (non-hydrogen) atoms. The summed E-state index contributed by atoms with van der Waals surface area (Å²) in [6.45, 7) is 4.11. The minimum absolute atomic E-state index is 0.352. The summed E-state index contributed by atoms with van der Waals surface area (Å²) in [6, 6.07) is 0. The highest BCUT2D eigenvalue weighted by Crippen LogP contribution is 2.21. The summed E-state index contributed by atoms with van der Waals surface area (Å²) < 4.78 is 0. The van der Waals surface area contributed by atoms with Crippen molar-refractivity contribution in [3.05, 3.63) is 11.6 Å². The molecule has 0 N–H and O–H groups in total. The maximum atomic E-state index is 10.9. The molecule has 1 atom stereocenters. The number of hydrogen-bond donors (Lipinski definition) is 0. The Labute approximate surface area is 55.8 Å². The van der Waals surface area contributed by atoms with E-state index in [1.54, 1.807) is 0 Å². The summed E-state index contributed by atoms with van der Waals surface area (Å²) in [5.41, 5.74) is 1.03. The highest BCUT2D eigenvalue weighted by molar-refractivity contribution is 5.97. The van der Waals surface area contributed by atoms with Gasteiger partial charge in [0, 0.05) is 6.42 Å². The Morgan fingerprint density at radius 1 is 1.78 bits per heavy atom.